The Balaban J connectivity index is 1.58. The first-order chi connectivity index (χ1) is 11.2. The summed E-state index contributed by atoms with van der Waals surface area (Å²) in [5.41, 5.74) is 3.22. The molecule has 0 spiro atoms. The summed E-state index contributed by atoms with van der Waals surface area (Å²) in [7, 11) is 0. The number of carbonyl (C=O) groups excluding carboxylic acids is 1. The quantitative estimate of drug-likeness (QED) is 0.786. The fourth-order valence-corrected chi connectivity index (χ4v) is 2.20. The van der Waals surface area contributed by atoms with Crippen molar-refractivity contribution in [2.24, 2.45) is 0 Å². The topological polar surface area (TPSA) is 68.0 Å². The largest absolute Gasteiger partial charge is 0.407 e. The van der Waals surface area contributed by atoms with Crippen LogP contribution in [0.5, 0.6) is 0 Å². The van der Waals surface area contributed by atoms with E-state index in [1.54, 1.807) is 0 Å². The number of hydrogen-bond acceptors (Lipinski definition) is 4. The van der Waals surface area contributed by atoms with E-state index in [0.29, 0.717) is 12.3 Å². The van der Waals surface area contributed by atoms with E-state index in [2.05, 4.69) is 15.5 Å². The fourth-order valence-electron chi connectivity index (χ4n) is 2.20. The van der Waals surface area contributed by atoms with Gasteiger partial charge in [-0.25, -0.2) is 0 Å². The number of aromatic nitrogens is 2. The lowest BCUT2D eigenvalue weighted by Crippen LogP contribution is -2.14. The number of carbonyl (C=O) groups is 1. The van der Waals surface area contributed by atoms with Crippen LogP contribution in [0.2, 0.25) is 0 Å². The van der Waals surface area contributed by atoms with Gasteiger partial charge < -0.3 is 4.42 Å². The van der Waals surface area contributed by atoms with Crippen LogP contribution in [-0.4, -0.2) is 16.1 Å². The van der Waals surface area contributed by atoms with Crippen molar-refractivity contribution in [3.63, 3.8) is 0 Å². The first kappa shape index (κ1) is 15.0. The van der Waals surface area contributed by atoms with Gasteiger partial charge in [0.25, 0.3) is 0 Å². The maximum Gasteiger partial charge on any atom is 0.322 e. The number of benzene rings is 2. The van der Waals surface area contributed by atoms with Crippen LogP contribution in [0.4, 0.5) is 6.01 Å². The molecule has 1 aromatic heterocycles. The Morgan fingerprint density at radius 3 is 2.48 bits per heavy atom. The molecule has 0 saturated carbocycles. The molecule has 116 valence electrons. The van der Waals surface area contributed by atoms with E-state index in [-0.39, 0.29) is 18.3 Å². The van der Waals surface area contributed by atoms with Crippen molar-refractivity contribution in [1.29, 1.82) is 0 Å². The van der Waals surface area contributed by atoms with Gasteiger partial charge in [0.1, 0.15) is 0 Å². The maximum absolute atomic E-state index is 11.9. The van der Waals surface area contributed by atoms with E-state index >= 15 is 0 Å². The molecule has 0 aliphatic carbocycles. The molecule has 3 rings (SSSR count). The van der Waals surface area contributed by atoms with Gasteiger partial charge in [-0.3, -0.25) is 10.1 Å². The van der Waals surface area contributed by atoms with Crippen LogP contribution in [-0.2, 0) is 17.6 Å². The molecule has 5 nitrogen and oxygen atoms in total. The highest BCUT2D eigenvalue weighted by Gasteiger charge is 2.10. The highest BCUT2D eigenvalue weighted by molar-refractivity contribution is 5.90. The molecule has 0 aliphatic rings. The van der Waals surface area contributed by atoms with Crippen molar-refractivity contribution in [3.8, 4) is 0 Å². The monoisotopic (exact) mass is 307 g/mol. The fraction of sp³-hybridized carbons (Fsp3) is 0.167. The van der Waals surface area contributed by atoms with Gasteiger partial charge in [0.2, 0.25) is 11.8 Å². The van der Waals surface area contributed by atoms with Crippen LogP contribution >= 0.6 is 0 Å². The predicted octanol–water partition coefficient (Wildman–Crippen LogP) is 3.15. The molecule has 0 aliphatic heterocycles. The summed E-state index contributed by atoms with van der Waals surface area (Å²) in [6.07, 6.45) is 0.818. The second kappa shape index (κ2) is 6.87. The number of nitrogens with zero attached hydrogens (tertiary/aromatic N) is 2. The molecule has 1 N–H and O–H groups in total. The molecule has 0 radical (unpaired) electrons. The standard InChI is InChI=1S/C18H17N3O2/c1-13-7-9-15(10-8-13)12-17-20-21-18(23-17)19-16(22)11-14-5-3-2-4-6-14/h2-10H,11-12H2,1H3,(H,19,21,22). The van der Waals surface area contributed by atoms with Gasteiger partial charge in [-0.05, 0) is 18.1 Å². The van der Waals surface area contributed by atoms with Crippen molar-refractivity contribution in [3.05, 3.63) is 77.2 Å². The van der Waals surface area contributed by atoms with Gasteiger partial charge in [0, 0.05) is 0 Å². The lowest BCUT2D eigenvalue weighted by molar-refractivity contribution is -0.115. The van der Waals surface area contributed by atoms with Gasteiger partial charge in [-0.1, -0.05) is 65.3 Å². The second-order valence-corrected chi connectivity index (χ2v) is 5.37. The van der Waals surface area contributed by atoms with Crippen molar-refractivity contribution in [2.75, 3.05) is 5.32 Å². The molecular weight excluding hydrogens is 290 g/mol. The Hall–Kier alpha value is -2.95. The van der Waals surface area contributed by atoms with E-state index in [9.17, 15) is 4.79 Å². The van der Waals surface area contributed by atoms with E-state index in [0.717, 1.165) is 11.1 Å². The van der Waals surface area contributed by atoms with Crippen molar-refractivity contribution in [1.82, 2.24) is 10.2 Å². The van der Waals surface area contributed by atoms with Crippen LogP contribution in [0, 0.1) is 6.92 Å². The zero-order valence-electron chi connectivity index (χ0n) is 12.8. The summed E-state index contributed by atoms with van der Waals surface area (Å²) in [5, 5.41) is 10.5. The second-order valence-electron chi connectivity index (χ2n) is 5.37. The summed E-state index contributed by atoms with van der Waals surface area (Å²) < 4.78 is 5.47. The molecule has 2 aromatic carbocycles. The Labute approximate surface area is 134 Å². The van der Waals surface area contributed by atoms with Crippen LogP contribution in [0.3, 0.4) is 0 Å². The van der Waals surface area contributed by atoms with Crippen LogP contribution in [0.25, 0.3) is 0 Å². The summed E-state index contributed by atoms with van der Waals surface area (Å²) in [6, 6.07) is 17.8. The average molecular weight is 307 g/mol. The Bertz CT molecular complexity index is 780. The van der Waals surface area contributed by atoms with Crippen LogP contribution < -0.4 is 5.32 Å². The molecule has 0 atom stereocenters. The molecule has 0 bridgehead atoms. The third kappa shape index (κ3) is 4.26. The number of rotatable bonds is 5. The summed E-state index contributed by atoms with van der Waals surface area (Å²) >= 11 is 0. The minimum atomic E-state index is -0.179. The van der Waals surface area contributed by atoms with Gasteiger partial charge in [0.05, 0.1) is 12.8 Å². The molecule has 0 unspecified atom stereocenters. The SMILES string of the molecule is Cc1ccc(Cc2nnc(NC(=O)Cc3ccccc3)o2)cc1. The molecule has 1 amide bonds. The van der Waals surface area contributed by atoms with E-state index < -0.39 is 0 Å². The van der Waals surface area contributed by atoms with Gasteiger partial charge >= 0.3 is 6.01 Å². The van der Waals surface area contributed by atoms with Crippen LogP contribution in [0.15, 0.2) is 59.0 Å². The Kier molecular flexibility index (Phi) is 4.47. The number of amides is 1. The van der Waals surface area contributed by atoms with Crippen molar-refractivity contribution >= 4 is 11.9 Å². The third-order valence-electron chi connectivity index (χ3n) is 3.40. The zero-order valence-corrected chi connectivity index (χ0v) is 12.8. The average Bonchev–Trinajstić information content (AvgIpc) is 2.97. The lowest BCUT2D eigenvalue weighted by atomic mass is 10.1. The van der Waals surface area contributed by atoms with Crippen molar-refractivity contribution < 1.29 is 9.21 Å². The van der Waals surface area contributed by atoms with Crippen LogP contribution in [0.1, 0.15) is 22.6 Å². The molecular formula is C18H17N3O2. The van der Waals surface area contributed by atoms with E-state index in [1.165, 1.54) is 5.56 Å². The number of aryl methyl sites for hydroxylation is 1. The summed E-state index contributed by atoms with van der Waals surface area (Å²) in [6.45, 7) is 2.04. The first-order valence-electron chi connectivity index (χ1n) is 7.41. The smallest absolute Gasteiger partial charge is 0.322 e. The van der Waals surface area contributed by atoms with Gasteiger partial charge in [-0.2, -0.15) is 0 Å². The number of anilines is 1. The summed E-state index contributed by atoms with van der Waals surface area (Å²) in [5.74, 6) is 0.297. The zero-order chi connectivity index (χ0) is 16.1. The molecule has 23 heavy (non-hydrogen) atoms. The maximum atomic E-state index is 11.9. The Morgan fingerprint density at radius 1 is 1.00 bits per heavy atom. The summed E-state index contributed by atoms with van der Waals surface area (Å²) in [4.78, 5) is 11.9. The minimum absolute atomic E-state index is 0.132. The highest BCUT2D eigenvalue weighted by atomic mass is 16.4. The molecule has 3 aromatic rings. The normalized spacial score (nSPS) is 10.5. The number of hydrogen-bond donors (Lipinski definition) is 1. The molecule has 0 saturated heterocycles. The van der Waals surface area contributed by atoms with Gasteiger partial charge in [-0.15, -0.1) is 5.10 Å². The highest BCUT2D eigenvalue weighted by Crippen LogP contribution is 2.12. The molecule has 1 heterocycles. The lowest BCUT2D eigenvalue weighted by Gasteiger charge is -2.00. The number of nitrogens with one attached hydrogen (secondary N) is 1. The molecule has 0 fully saturated rings. The predicted molar refractivity (Wildman–Crippen MR) is 87.1 cm³/mol. The molecule has 5 heteroatoms. The first-order valence-corrected chi connectivity index (χ1v) is 7.41. The Morgan fingerprint density at radius 2 is 1.74 bits per heavy atom. The van der Waals surface area contributed by atoms with E-state index in [1.807, 2.05) is 61.5 Å². The van der Waals surface area contributed by atoms with E-state index in [4.69, 9.17) is 4.42 Å². The van der Waals surface area contributed by atoms with Crippen molar-refractivity contribution in [2.45, 2.75) is 19.8 Å². The third-order valence-corrected chi connectivity index (χ3v) is 3.40. The minimum Gasteiger partial charge on any atom is -0.407 e. The van der Waals surface area contributed by atoms with Gasteiger partial charge in [0.15, 0.2) is 0 Å².